The number of anilines is 1. The Morgan fingerprint density at radius 2 is 1.72 bits per heavy atom. The van der Waals surface area contributed by atoms with E-state index < -0.39 is 58.0 Å². The number of fused-ring (bicyclic) bond motifs is 3. The third-order valence-corrected chi connectivity index (χ3v) is 10.1. The van der Waals surface area contributed by atoms with Crippen LogP contribution < -0.4 is 10.6 Å². The van der Waals surface area contributed by atoms with E-state index >= 15 is 0 Å². The standard InChI is InChI=1S/C37H39N3O7/c1-39(2)23-14-12-20(13-15-23)24-16-21(11-10-19-8-6-5-7-9-19)31(41)28-25(24)17-22-18-26-30(40(3)4)33(43)29(36(38)46)35(45)37(26,47)34(44)27(22)32(28)42/h8,12-16,22,26,30,41-42,45,47H,5-7,9,17-18H2,1-4H3,(H2,38,46)/t22-,26-,30-,37-/m0/s1. The number of aliphatic hydroxyl groups excluding tert-OH is 2. The molecule has 6 rings (SSSR count). The van der Waals surface area contributed by atoms with Crippen LogP contribution in [0.5, 0.6) is 5.75 Å². The summed E-state index contributed by atoms with van der Waals surface area (Å²) >= 11 is 0. The van der Waals surface area contributed by atoms with Gasteiger partial charge in [-0.25, -0.2) is 0 Å². The number of likely N-dealkylation sites (N-methyl/N-ethyl adjacent to an activating group) is 1. The van der Waals surface area contributed by atoms with E-state index in [1.807, 2.05) is 43.3 Å². The van der Waals surface area contributed by atoms with Gasteiger partial charge in [0.2, 0.25) is 5.78 Å². The molecule has 10 heteroatoms. The molecule has 47 heavy (non-hydrogen) atoms. The summed E-state index contributed by atoms with van der Waals surface area (Å²) in [6.07, 6.45) is 6.19. The molecule has 10 nitrogen and oxygen atoms in total. The van der Waals surface area contributed by atoms with Crippen molar-refractivity contribution in [3.8, 4) is 28.7 Å². The maximum atomic E-state index is 14.3. The van der Waals surface area contributed by atoms with Crippen LogP contribution in [0.4, 0.5) is 5.69 Å². The molecule has 2 aromatic carbocycles. The molecule has 4 atom stereocenters. The first-order valence-corrected chi connectivity index (χ1v) is 15.8. The number of primary amides is 1. The first-order chi connectivity index (χ1) is 22.3. The molecular formula is C37H39N3O7. The number of Topliss-reactive ketones (excluding diaryl/α,β-unsaturated/α-hetero) is 2. The van der Waals surface area contributed by atoms with E-state index in [0.717, 1.165) is 42.5 Å². The number of rotatable bonds is 4. The number of benzene rings is 2. The molecular weight excluding hydrogens is 598 g/mol. The SMILES string of the molecule is CN(C)c1ccc(-c2cc(C#CC3=CCCCC3)c(O)c3c2C[C@H]2C[C@H]4[C@H](N(C)C)C(=O)C(C(N)=O)=C(O)[C@@]4(O)C(=O)C2=C3O)cc1. The molecule has 6 N–H and O–H groups in total. The Bertz CT molecular complexity index is 1870. The van der Waals surface area contributed by atoms with Gasteiger partial charge in [0.1, 0.15) is 22.8 Å². The first-order valence-electron chi connectivity index (χ1n) is 15.8. The fourth-order valence-corrected chi connectivity index (χ4v) is 7.70. The van der Waals surface area contributed by atoms with Crippen molar-refractivity contribution < 1.29 is 34.8 Å². The molecule has 0 aliphatic heterocycles. The van der Waals surface area contributed by atoms with Crippen molar-refractivity contribution in [3.63, 3.8) is 0 Å². The lowest BCUT2D eigenvalue weighted by molar-refractivity contribution is -0.153. The Labute approximate surface area is 273 Å². The number of carbonyl (C=O) groups is 3. The number of hydrogen-bond acceptors (Lipinski definition) is 9. The van der Waals surface area contributed by atoms with Crippen molar-refractivity contribution in [2.75, 3.05) is 33.1 Å². The molecule has 0 bridgehead atoms. The van der Waals surface area contributed by atoms with Gasteiger partial charge in [-0.3, -0.25) is 19.3 Å². The smallest absolute Gasteiger partial charge is 0.255 e. The summed E-state index contributed by atoms with van der Waals surface area (Å²) in [5.41, 5.74) is 6.07. The van der Waals surface area contributed by atoms with Crippen LogP contribution in [0.3, 0.4) is 0 Å². The predicted molar refractivity (Wildman–Crippen MR) is 177 cm³/mol. The van der Waals surface area contributed by atoms with Crippen LogP contribution in [0.2, 0.25) is 0 Å². The number of nitrogens with two attached hydrogens (primary N) is 1. The molecule has 0 spiro atoms. The van der Waals surface area contributed by atoms with Crippen molar-refractivity contribution >= 4 is 28.9 Å². The van der Waals surface area contributed by atoms with Gasteiger partial charge in [-0.05, 0) is 99.0 Å². The van der Waals surface area contributed by atoms with Crippen molar-refractivity contribution in [2.24, 2.45) is 17.6 Å². The van der Waals surface area contributed by atoms with E-state index in [1.165, 1.54) is 4.90 Å². The van der Waals surface area contributed by atoms with Crippen LogP contribution in [0.1, 0.15) is 48.8 Å². The molecule has 4 aliphatic carbocycles. The van der Waals surface area contributed by atoms with Crippen molar-refractivity contribution in [1.29, 1.82) is 0 Å². The van der Waals surface area contributed by atoms with E-state index in [1.54, 1.807) is 20.2 Å². The Kier molecular flexibility index (Phi) is 8.02. The van der Waals surface area contributed by atoms with Crippen LogP contribution >= 0.6 is 0 Å². The number of amides is 1. The third-order valence-electron chi connectivity index (χ3n) is 10.1. The molecule has 1 fully saturated rings. The summed E-state index contributed by atoms with van der Waals surface area (Å²) in [5, 5.41) is 46.6. The van der Waals surface area contributed by atoms with Crippen LogP contribution in [-0.4, -0.2) is 82.6 Å². The molecule has 2 aromatic rings. The second kappa shape index (κ2) is 11.7. The first kappa shape index (κ1) is 32.1. The van der Waals surface area contributed by atoms with Gasteiger partial charge in [-0.15, -0.1) is 0 Å². The lowest BCUT2D eigenvalue weighted by atomic mass is 9.57. The highest BCUT2D eigenvalue weighted by atomic mass is 16.3. The number of allylic oxidation sites excluding steroid dienone is 2. The summed E-state index contributed by atoms with van der Waals surface area (Å²) in [7, 11) is 7.03. The molecule has 4 aliphatic rings. The number of carbonyl (C=O) groups excluding carboxylic acids is 3. The van der Waals surface area contributed by atoms with Crippen LogP contribution in [0.25, 0.3) is 16.9 Å². The fourth-order valence-electron chi connectivity index (χ4n) is 7.70. The zero-order valence-electron chi connectivity index (χ0n) is 26.9. The number of ketones is 2. The van der Waals surface area contributed by atoms with E-state index in [0.29, 0.717) is 11.1 Å². The number of aromatic hydroxyl groups is 1. The quantitative estimate of drug-likeness (QED) is 0.249. The van der Waals surface area contributed by atoms with E-state index in [2.05, 4.69) is 17.9 Å². The molecule has 0 aromatic heterocycles. The largest absolute Gasteiger partial charge is 0.508 e. The number of aliphatic hydroxyl groups is 3. The molecule has 1 saturated carbocycles. The predicted octanol–water partition coefficient (Wildman–Crippen LogP) is 3.55. The lowest BCUT2D eigenvalue weighted by Gasteiger charge is -2.50. The summed E-state index contributed by atoms with van der Waals surface area (Å²) in [6, 6.07) is 8.46. The van der Waals surface area contributed by atoms with E-state index in [-0.39, 0.29) is 35.3 Å². The molecule has 0 heterocycles. The van der Waals surface area contributed by atoms with Gasteiger partial charge < -0.3 is 31.1 Å². The number of hydrogen-bond donors (Lipinski definition) is 5. The zero-order valence-corrected chi connectivity index (χ0v) is 26.9. The molecule has 0 unspecified atom stereocenters. The molecule has 0 saturated heterocycles. The summed E-state index contributed by atoms with van der Waals surface area (Å²) in [5.74, 6) is -0.611. The van der Waals surface area contributed by atoms with Gasteiger partial charge >= 0.3 is 0 Å². The van der Waals surface area contributed by atoms with Gasteiger partial charge in [0.25, 0.3) is 5.91 Å². The van der Waals surface area contributed by atoms with Gasteiger partial charge in [-0.2, -0.15) is 0 Å². The van der Waals surface area contributed by atoms with Crippen molar-refractivity contribution in [3.05, 3.63) is 75.6 Å². The van der Waals surface area contributed by atoms with E-state index in [4.69, 9.17) is 5.73 Å². The summed E-state index contributed by atoms with van der Waals surface area (Å²) in [6.45, 7) is 0. The highest BCUT2D eigenvalue weighted by Crippen LogP contribution is 2.54. The second-order valence-corrected chi connectivity index (χ2v) is 13.3. The molecule has 244 valence electrons. The van der Waals surface area contributed by atoms with Gasteiger partial charge in [0.15, 0.2) is 11.4 Å². The number of phenolic OH excluding ortho intramolecular Hbond substituents is 1. The monoisotopic (exact) mass is 637 g/mol. The Morgan fingerprint density at radius 3 is 2.32 bits per heavy atom. The highest BCUT2D eigenvalue weighted by Gasteiger charge is 2.64. The van der Waals surface area contributed by atoms with Crippen LogP contribution in [-0.2, 0) is 20.8 Å². The van der Waals surface area contributed by atoms with Crippen molar-refractivity contribution in [2.45, 2.75) is 50.2 Å². The van der Waals surface area contributed by atoms with Crippen molar-refractivity contribution in [1.82, 2.24) is 4.90 Å². The summed E-state index contributed by atoms with van der Waals surface area (Å²) in [4.78, 5) is 43.5. The maximum absolute atomic E-state index is 14.3. The minimum atomic E-state index is -2.70. The Morgan fingerprint density at radius 1 is 1.02 bits per heavy atom. The van der Waals surface area contributed by atoms with Crippen LogP contribution in [0, 0.1) is 23.7 Å². The fraction of sp³-hybridized carbons (Fsp3) is 0.378. The Hall–Kier alpha value is -4.85. The minimum absolute atomic E-state index is 0.0151. The van der Waals surface area contributed by atoms with Crippen LogP contribution in [0.15, 0.2) is 58.9 Å². The normalized spacial score (nSPS) is 25.4. The lowest BCUT2D eigenvalue weighted by Crippen LogP contribution is -2.65. The minimum Gasteiger partial charge on any atom is -0.508 e. The zero-order chi connectivity index (χ0) is 33.9. The van der Waals surface area contributed by atoms with Gasteiger partial charge in [0, 0.05) is 31.3 Å². The maximum Gasteiger partial charge on any atom is 0.255 e. The highest BCUT2D eigenvalue weighted by molar-refractivity contribution is 6.24. The third kappa shape index (κ3) is 5.01. The van der Waals surface area contributed by atoms with E-state index in [9.17, 15) is 34.8 Å². The number of nitrogens with zero attached hydrogens (tertiary/aromatic N) is 2. The van der Waals surface area contributed by atoms with Gasteiger partial charge in [0.05, 0.1) is 17.2 Å². The van der Waals surface area contributed by atoms with Gasteiger partial charge in [-0.1, -0.05) is 30.0 Å². The second-order valence-electron chi connectivity index (χ2n) is 13.3. The average Bonchev–Trinajstić information content (AvgIpc) is 3.02. The summed E-state index contributed by atoms with van der Waals surface area (Å²) < 4.78 is 0. The average molecular weight is 638 g/mol. The number of phenols is 1. The Balaban J connectivity index is 1.58. The molecule has 1 amide bonds. The molecule has 0 radical (unpaired) electrons. The topological polar surface area (TPSA) is 165 Å².